The Bertz CT molecular complexity index is 1240. The molecular formula is C22H22N4O4. The Hall–Kier alpha value is -3.36. The quantitative estimate of drug-likeness (QED) is 0.405. The summed E-state index contributed by atoms with van der Waals surface area (Å²) in [6, 6.07) is 13.1. The Morgan fingerprint density at radius 2 is 2.03 bits per heavy atom. The van der Waals surface area contributed by atoms with Crippen molar-refractivity contribution in [3.8, 4) is 17.2 Å². The molecule has 5 rings (SSSR count). The first-order valence-corrected chi connectivity index (χ1v) is 9.93. The molecule has 154 valence electrons. The molecule has 1 aromatic carbocycles. The van der Waals surface area contributed by atoms with Crippen molar-refractivity contribution in [3.63, 3.8) is 0 Å². The van der Waals surface area contributed by atoms with Gasteiger partial charge in [-0.3, -0.25) is 4.90 Å². The van der Waals surface area contributed by atoms with Gasteiger partial charge < -0.3 is 23.5 Å². The van der Waals surface area contributed by atoms with Gasteiger partial charge >= 0.3 is 0 Å². The maximum Gasteiger partial charge on any atom is 0.155 e. The Morgan fingerprint density at radius 1 is 1.13 bits per heavy atom. The minimum Gasteiger partial charge on any atom is -0.491 e. The smallest absolute Gasteiger partial charge is 0.155 e. The van der Waals surface area contributed by atoms with Gasteiger partial charge in [0, 0.05) is 37.4 Å². The molecule has 0 bridgehead atoms. The number of ether oxygens (including phenoxy) is 2. The molecule has 1 aliphatic heterocycles. The first-order chi connectivity index (χ1) is 14.8. The van der Waals surface area contributed by atoms with Crippen LogP contribution in [-0.2, 0) is 4.74 Å². The van der Waals surface area contributed by atoms with E-state index in [2.05, 4.69) is 15.0 Å². The van der Waals surface area contributed by atoms with Crippen LogP contribution in [0.5, 0.6) is 5.75 Å². The average Bonchev–Trinajstić information content (AvgIpc) is 3.27. The van der Waals surface area contributed by atoms with Crippen LogP contribution in [0.4, 0.5) is 0 Å². The van der Waals surface area contributed by atoms with E-state index in [9.17, 15) is 5.21 Å². The lowest BCUT2D eigenvalue weighted by Crippen LogP contribution is -2.38. The van der Waals surface area contributed by atoms with Crippen LogP contribution in [0.3, 0.4) is 0 Å². The Kier molecular flexibility index (Phi) is 5.08. The lowest BCUT2D eigenvalue weighted by atomic mass is 10.1. The van der Waals surface area contributed by atoms with E-state index in [1.807, 2.05) is 47.0 Å². The normalized spacial score (nSPS) is 15.8. The lowest BCUT2D eigenvalue weighted by Gasteiger charge is -2.26. The molecule has 0 aliphatic carbocycles. The van der Waals surface area contributed by atoms with Crippen LogP contribution in [0, 0.1) is 0 Å². The highest BCUT2D eigenvalue weighted by Gasteiger charge is 2.14. The Balaban J connectivity index is 1.46. The van der Waals surface area contributed by atoms with Crippen LogP contribution in [0.25, 0.3) is 27.9 Å². The molecule has 4 aromatic rings. The molecule has 4 heterocycles. The number of rotatable bonds is 5. The zero-order chi connectivity index (χ0) is 20.3. The number of hydrogen-bond donors (Lipinski definition) is 1. The molecule has 30 heavy (non-hydrogen) atoms. The number of hydrogen-bond acceptors (Lipinski definition) is 7. The molecule has 0 spiro atoms. The number of benzene rings is 1. The van der Waals surface area contributed by atoms with Crippen molar-refractivity contribution in [1.82, 2.24) is 14.3 Å². The third-order valence-electron chi connectivity index (χ3n) is 5.28. The van der Waals surface area contributed by atoms with E-state index in [-0.39, 0.29) is 0 Å². The second kappa shape index (κ2) is 8.17. The third-order valence-corrected chi connectivity index (χ3v) is 5.28. The van der Waals surface area contributed by atoms with E-state index in [1.54, 1.807) is 12.4 Å². The predicted molar refractivity (Wildman–Crippen MR) is 111 cm³/mol. The molecular weight excluding hydrogens is 384 g/mol. The topological polar surface area (TPSA) is 84.7 Å². The molecule has 0 amide bonds. The van der Waals surface area contributed by atoms with Crippen LogP contribution in [0.2, 0.25) is 0 Å². The van der Waals surface area contributed by atoms with Crippen molar-refractivity contribution in [3.05, 3.63) is 60.3 Å². The van der Waals surface area contributed by atoms with Gasteiger partial charge in [-0.1, -0.05) is 11.2 Å². The number of nitrogens with zero attached hydrogens (tertiary/aromatic N) is 4. The van der Waals surface area contributed by atoms with Crippen molar-refractivity contribution < 1.29 is 19.1 Å². The number of morpholine rings is 1. The zero-order valence-corrected chi connectivity index (χ0v) is 16.4. The van der Waals surface area contributed by atoms with E-state index in [0.29, 0.717) is 40.1 Å². The van der Waals surface area contributed by atoms with Gasteiger partial charge in [0.25, 0.3) is 0 Å². The number of fused-ring (bicyclic) bond motifs is 2. The fourth-order valence-electron chi connectivity index (χ4n) is 3.70. The third kappa shape index (κ3) is 3.62. The summed E-state index contributed by atoms with van der Waals surface area (Å²) < 4.78 is 19.4. The molecule has 1 aliphatic rings. The van der Waals surface area contributed by atoms with Gasteiger partial charge in [0.05, 0.1) is 24.9 Å². The van der Waals surface area contributed by atoms with Crippen molar-refractivity contribution >= 4 is 16.5 Å². The maximum atomic E-state index is 9.68. The molecule has 0 radical (unpaired) electrons. The van der Waals surface area contributed by atoms with Gasteiger partial charge in [-0.2, -0.15) is 0 Å². The summed E-state index contributed by atoms with van der Waals surface area (Å²) in [6.45, 7) is 4.67. The second-order valence-electron chi connectivity index (χ2n) is 7.14. The SMILES string of the molecule is ON=c1cc(-c2cc3cccn3cn2)oc2cccc(OCCN3CCOCC3)c12. The van der Waals surface area contributed by atoms with E-state index in [1.165, 1.54) is 0 Å². The van der Waals surface area contributed by atoms with Crippen molar-refractivity contribution in [1.29, 1.82) is 0 Å². The van der Waals surface area contributed by atoms with Crippen molar-refractivity contribution in [2.45, 2.75) is 0 Å². The molecule has 0 atom stereocenters. The molecule has 3 aromatic heterocycles. The minimum atomic E-state index is 0.380. The van der Waals surface area contributed by atoms with Crippen molar-refractivity contribution in [2.75, 3.05) is 39.5 Å². The molecule has 1 fully saturated rings. The molecule has 1 saturated heterocycles. The minimum absolute atomic E-state index is 0.380. The summed E-state index contributed by atoms with van der Waals surface area (Å²) in [4.78, 5) is 6.76. The Morgan fingerprint density at radius 3 is 2.90 bits per heavy atom. The van der Waals surface area contributed by atoms with E-state index >= 15 is 0 Å². The standard InChI is InChI=1S/C22H22N4O4/c27-24-18-14-21(17-13-16-3-2-6-26(16)15-23-17)30-20-5-1-4-19(22(18)20)29-12-9-25-7-10-28-11-8-25/h1-6,13-15,27H,7-12H2. The second-order valence-corrected chi connectivity index (χ2v) is 7.14. The summed E-state index contributed by atoms with van der Waals surface area (Å²) >= 11 is 0. The fraction of sp³-hybridized carbons (Fsp3) is 0.273. The summed E-state index contributed by atoms with van der Waals surface area (Å²) in [5, 5.41) is 14.2. The van der Waals surface area contributed by atoms with Gasteiger partial charge in [-0.25, -0.2) is 4.98 Å². The maximum absolute atomic E-state index is 9.68. The molecule has 8 nitrogen and oxygen atoms in total. The monoisotopic (exact) mass is 406 g/mol. The van der Waals surface area contributed by atoms with Gasteiger partial charge in [0.15, 0.2) is 5.76 Å². The summed E-state index contributed by atoms with van der Waals surface area (Å²) in [7, 11) is 0. The van der Waals surface area contributed by atoms with Gasteiger partial charge in [0.1, 0.15) is 29.0 Å². The average molecular weight is 406 g/mol. The van der Waals surface area contributed by atoms with E-state index < -0.39 is 0 Å². The van der Waals surface area contributed by atoms with Crippen LogP contribution < -0.4 is 10.1 Å². The Labute approximate surface area is 172 Å². The first-order valence-electron chi connectivity index (χ1n) is 9.93. The summed E-state index contributed by atoms with van der Waals surface area (Å²) in [5.74, 6) is 1.14. The van der Waals surface area contributed by atoms with E-state index in [4.69, 9.17) is 13.9 Å². The van der Waals surface area contributed by atoms with Gasteiger partial charge in [0.2, 0.25) is 0 Å². The number of aromatic nitrogens is 2. The van der Waals surface area contributed by atoms with Gasteiger partial charge in [-0.05, 0) is 30.3 Å². The predicted octanol–water partition coefficient (Wildman–Crippen LogP) is 2.75. The largest absolute Gasteiger partial charge is 0.491 e. The van der Waals surface area contributed by atoms with Crippen LogP contribution in [0.15, 0.2) is 64.6 Å². The van der Waals surface area contributed by atoms with Crippen LogP contribution in [0.1, 0.15) is 0 Å². The van der Waals surface area contributed by atoms with Crippen LogP contribution in [-0.4, -0.2) is 58.9 Å². The lowest BCUT2D eigenvalue weighted by molar-refractivity contribution is 0.0323. The molecule has 0 unspecified atom stereocenters. The fourth-order valence-corrected chi connectivity index (χ4v) is 3.70. The van der Waals surface area contributed by atoms with Crippen LogP contribution >= 0.6 is 0 Å². The highest BCUT2D eigenvalue weighted by Crippen LogP contribution is 2.27. The highest BCUT2D eigenvalue weighted by atomic mass is 16.5. The summed E-state index contributed by atoms with van der Waals surface area (Å²) in [6.07, 6.45) is 3.66. The highest BCUT2D eigenvalue weighted by molar-refractivity contribution is 5.84. The van der Waals surface area contributed by atoms with Crippen molar-refractivity contribution in [2.24, 2.45) is 5.16 Å². The molecule has 8 heteroatoms. The molecule has 0 saturated carbocycles. The first kappa shape index (κ1) is 18.7. The molecule has 1 N–H and O–H groups in total. The van der Waals surface area contributed by atoms with E-state index in [0.717, 1.165) is 38.4 Å². The zero-order valence-electron chi connectivity index (χ0n) is 16.4. The summed E-state index contributed by atoms with van der Waals surface area (Å²) in [5.41, 5.74) is 2.23. The van der Waals surface area contributed by atoms with Gasteiger partial charge in [-0.15, -0.1) is 0 Å².